The zero-order valence-corrected chi connectivity index (χ0v) is 10.6. The summed E-state index contributed by atoms with van der Waals surface area (Å²) < 4.78 is 0. The number of rotatable bonds is 5. The molecule has 1 aliphatic heterocycles. The normalized spacial score (nSPS) is 30.0. The average Bonchev–Trinajstić information content (AvgIpc) is 2.91. The number of hydrogen-bond donors (Lipinski definition) is 2. The monoisotopic (exact) mass is 225 g/mol. The minimum absolute atomic E-state index is 0.686. The molecule has 0 aromatic rings. The lowest BCUT2D eigenvalue weighted by Crippen LogP contribution is -2.38. The van der Waals surface area contributed by atoms with Crippen molar-refractivity contribution < 1.29 is 0 Å². The maximum absolute atomic E-state index is 5.92. The first-order valence-corrected chi connectivity index (χ1v) is 6.91. The van der Waals surface area contributed by atoms with Gasteiger partial charge in [-0.15, -0.1) is 0 Å². The Kier molecular flexibility index (Phi) is 4.62. The molecule has 1 saturated carbocycles. The van der Waals surface area contributed by atoms with Gasteiger partial charge < -0.3 is 16.0 Å². The Morgan fingerprint density at radius 1 is 1.31 bits per heavy atom. The van der Waals surface area contributed by atoms with Crippen LogP contribution in [0, 0.1) is 11.8 Å². The van der Waals surface area contributed by atoms with Crippen molar-refractivity contribution >= 4 is 0 Å². The molecule has 3 N–H and O–H groups in total. The van der Waals surface area contributed by atoms with Crippen LogP contribution >= 0.6 is 0 Å². The Labute approximate surface area is 99.8 Å². The lowest BCUT2D eigenvalue weighted by Gasteiger charge is -2.24. The van der Waals surface area contributed by atoms with Crippen LogP contribution in [0.4, 0.5) is 0 Å². The van der Waals surface area contributed by atoms with Gasteiger partial charge in [-0.2, -0.15) is 0 Å². The van der Waals surface area contributed by atoms with E-state index in [0.717, 1.165) is 25.0 Å². The molecular weight excluding hydrogens is 198 g/mol. The Bertz CT molecular complexity index is 201. The average molecular weight is 225 g/mol. The first-order valence-electron chi connectivity index (χ1n) is 6.91. The topological polar surface area (TPSA) is 41.3 Å². The Morgan fingerprint density at radius 3 is 2.62 bits per heavy atom. The summed E-state index contributed by atoms with van der Waals surface area (Å²) in [6.07, 6.45) is 6.92. The van der Waals surface area contributed by atoms with E-state index in [2.05, 4.69) is 17.3 Å². The van der Waals surface area contributed by atoms with E-state index in [1.807, 2.05) is 0 Å². The number of likely N-dealkylation sites (tertiary alicyclic amines) is 1. The lowest BCUT2D eigenvalue weighted by molar-refractivity contribution is 0.303. The summed E-state index contributed by atoms with van der Waals surface area (Å²) in [6.45, 7) is 4.48. The second kappa shape index (κ2) is 5.99. The highest BCUT2D eigenvalue weighted by Gasteiger charge is 2.27. The first-order chi connectivity index (χ1) is 7.79. The molecular formula is C13H27N3. The van der Waals surface area contributed by atoms with Crippen molar-refractivity contribution in [3.63, 3.8) is 0 Å². The SMILES string of the molecule is CN1CCC(C(CN)CNC2CCCC2)C1. The highest BCUT2D eigenvalue weighted by Crippen LogP contribution is 2.23. The van der Waals surface area contributed by atoms with Crippen LogP contribution in [0.5, 0.6) is 0 Å². The maximum Gasteiger partial charge on any atom is 0.00671 e. The summed E-state index contributed by atoms with van der Waals surface area (Å²) in [6, 6.07) is 0.785. The third-order valence-electron chi connectivity index (χ3n) is 4.42. The van der Waals surface area contributed by atoms with Crippen LogP contribution in [0.15, 0.2) is 0 Å². The molecule has 0 spiro atoms. The number of hydrogen-bond acceptors (Lipinski definition) is 3. The molecule has 2 unspecified atom stereocenters. The second-order valence-electron chi connectivity index (χ2n) is 5.70. The van der Waals surface area contributed by atoms with Crippen molar-refractivity contribution in [3.8, 4) is 0 Å². The second-order valence-corrected chi connectivity index (χ2v) is 5.70. The molecule has 3 nitrogen and oxygen atoms in total. The van der Waals surface area contributed by atoms with Crippen molar-refractivity contribution in [3.05, 3.63) is 0 Å². The van der Waals surface area contributed by atoms with E-state index in [4.69, 9.17) is 5.73 Å². The third kappa shape index (κ3) is 3.19. The van der Waals surface area contributed by atoms with Gasteiger partial charge >= 0.3 is 0 Å². The largest absolute Gasteiger partial charge is 0.330 e. The zero-order chi connectivity index (χ0) is 11.4. The molecule has 2 rings (SSSR count). The van der Waals surface area contributed by atoms with Crippen molar-refractivity contribution in [1.29, 1.82) is 0 Å². The Balaban J connectivity index is 1.72. The van der Waals surface area contributed by atoms with Crippen LogP contribution in [-0.2, 0) is 0 Å². The summed E-state index contributed by atoms with van der Waals surface area (Å²) in [4.78, 5) is 2.43. The molecule has 1 saturated heterocycles. The van der Waals surface area contributed by atoms with Crippen LogP contribution in [0.2, 0.25) is 0 Å². The summed E-state index contributed by atoms with van der Waals surface area (Å²) in [5, 5.41) is 3.73. The molecule has 0 amide bonds. The molecule has 16 heavy (non-hydrogen) atoms. The summed E-state index contributed by atoms with van der Waals surface area (Å²) in [5.41, 5.74) is 5.92. The van der Waals surface area contributed by atoms with Crippen LogP contribution in [0.1, 0.15) is 32.1 Å². The standard InChI is InChI=1S/C13H27N3/c1-16-7-6-11(10-16)12(8-14)9-15-13-4-2-3-5-13/h11-13,15H,2-10,14H2,1H3. The summed E-state index contributed by atoms with van der Waals surface area (Å²) in [5.74, 6) is 1.51. The lowest BCUT2D eigenvalue weighted by atomic mass is 9.91. The van der Waals surface area contributed by atoms with E-state index in [1.165, 1.54) is 45.2 Å². The van der Waals surface area contributed by atoms with Gasteiger partial charge in [0.15, 0.2) is 0 Å². The molecule has 3 heteroatoms. The van der Waals surface area contributed by atoms with Gasteiger partial charge in [0.1, 0.15) is 0 Å². The van der Waals surface area contributed by atoms with Gasteiger partial charge in [-0.25, -0.2) is 0 Å². The third-order valence-corrected chi connectivity index (χ3v) is 4.42. The molecule has 2 atom stereocenters. The van der Waals surface area contributed by atoms with E-state index in [-0.39, 0.29) is 0 Å². The number of nitrogens with zero attached hydrogens (tertiary/aromatic N) is 1. The van der Waals surface area contributed by atoms with E-state index in [0.29, 0.717) is 5.92 Å². The predicted molar refractivity (Wildman–Crippen MR) is 68.4 cm³/mol. The van der Waals surface area contributed by atoms with Crippen molar-refractivity contribution in [1.82, 2.24) is 10.2 Å². The number of nitrogens with one attached hydrogen (secondary N) is 1. The van der Waals surface area contributed by atoms with Gasteiger partial charge in [-0.1, -0.05) is 12.8 Å². The van der Waals surface area contributed by atoms with Crippen LogP contribution in [-0.4, -0.2) is 44.2 Å². The van der Waals surface area contributed by atoms with Gasteiger partial charge in [0.05, 0.1) is 0 Å². The molecule has 0 radical (unpaired) electrons. The van der Waals surface area contributed by atoms with E-state index >= 15 is 0 Å². The molecule has 0 bridgehead atoms. The predicted octanol–water partition coefficient (Wildman–Crippen LogP) is 1.05. The summed E-state index contributed by atoms with van der Waals surface area (Å²) >= 11 is 0. The van der Waals surface area contributed by atoms with Crippen LogP contribution < -0.4 is 11.1 Å². The Morgan fingerprint density at radius 2 is 2.06 bits per heavy atom. The highest BCUT2D eigenvalue weighted by molar-refractivity contribution is 4.83. The quantitative estimate of drug-likeness (QED) is 0.735. The molecule has 0 aromatic carbocycles. The molecule has 0 aromatic heterocycles. The van der Waals surface area contributed by atoms with Gasteiger partial charge in [-0.05, 0) is 57.8 Å². The molecule has 1 heterocycles. The molecule has 2 fully saturated rings. The van der Waals surface area contributed by atoms with Crippen molar-refractivity contribution in [2.45, 2.75) is 38.1 Å². The molecule has 1 aliphatic carbocycles. The van der Waals surface area contributed by atoms with E-state index in [9.17, 15) is 0 Å². The number of nitrogens with two attached hydrogens (primary N) is 1. The fourth-order valence-corrected chi connectivity index (χ4v) is 3.24. The minimum Gasteiger partial charge on any atom is -0.330 e. The molecule has 2 aliphatic rings. The fraction of sp³-hybridized carbons (Fsp3) is 1.00. The van der Waals surface area contributed by atoms with Gasteiger partial charge in [-0.3, -0.25) is 0 Å². The zero-order valence-electron chi connectivity index (χ0n) is 10.6. The highest BCUT2D eigenvalue weighted by atomic mass is 15.1. The fourth-order valence-electron chi connectivity index (χ4n) is 3.24. The van der Waals surface area contributed by atoms with Crippen molar-refractivity contribution in [2.75, 3.05) is 33.2 Å². The van der Waals surface area contributed by atoms with Crippen LogP contribution in [0.25, 0.3) is 0 Å². The summed E-state index contributed by atoms with van der Waals surface area (Å²) in [7, 11) is 2.22. The molecule has 94 valence electrons. The maximum atomic E-state index is 5.92. The minimum atomic E-state index is 0.686. The first kappa shape index (κ1) is 12.3. The van der Waals surface area contributed by atoms with Crippen LogP contribution in [0.3, 0.4) is 0 Å². The van der Waals surface area contributed by atoms with Gasteiger partial charge in [0.2, 0.25) is 0 Å². The van der Waals surface area contributed by atoms with E-state index < -0.39 is 0 Å². The van der Waals surface area contributed by atoms with Gasteiger partial charge in [0.25, 0.3) is 0 Å². The van der Waals surface area contributed by atoms with E-state index in [1.54, 1.807) is 0 Å². The van der Waals surface area contributed by atoms with Crippen molar-refractivity contribution in [2.24, 2.45) is 17.6 Å². The van der Waals surface area contributed by atoms with Gasteiger partial charge in [0, 0.05) is 12.6 Å². The smallest absolute Gasteiger partial charge is 0.00671 e. The Hall–Kier alpha value is -0.120.